The first-order chi connectivity index (χ1) is 13.5. The van der Waals surface area contributed by atoms with E-state index in [1.165, 1.54) is 12.1 Å². The van der Waals surface area contributed by atoms with Gasteiger partial charge in [0.25, 0.3) is 0 Å². The standard InChI is InChI=1S/C21H14BNO4S/c1-11(28)23-13-3-6-17(20(9-13)27-25)21-15-5-2-12(22)8-18(15)26-19-10-14(24)4-7-16(19)21/h2-10,25H,1H3,(H,23,28). The van der Waals surface area contributed by atoms with Crippen molar-refractivity contribution >= 4 is 47.2 Å². The van der Waals surface area contributed by atoms with Gasteiger partial charge in [0.15, 0.2) is 11.2 Å². The smallest absolute Gasteiger partial charge is 0.182 e. The molecule has 1 aliphatic heterocycles. The molecule has 0 atom stereocenters. The number of fused-ring (bicyclic) bond motifs is 2. The summed E-state index contributed by atoms with van der Waals surface area (Å²) >= 11 is 5.07. The molecule has 0 saturated carbocycles. The SMILES string of the molecule is [B]c1ccc2c(-c3ccc(NC(C)=S)cc3OO)c3ccc(=O)cc-3oc2c1. The number of hydrogen-bond donors (Lipinski definition) is 2. The van der Waals surface area contributed by atoms with Gasteiger partial charge in [-0.15, -0.1) is 0 Å². The molecule has 0 amide bonds. The zero-order valence-corrected chi connectivity index (χ0v) is 15.7. The molecule has 0 unspecified atom stereocenters. The zero-order chi connectivity index (χ0) is 19.8. The molecule has 1 aliphatic carbocycles. The highest BCUT2D eigenvalue weighted by molar-refractivity contribution is 7.80. The Kier molecular flexibility index (Phi) is 4.62. The van der Waals surface area contributed by atoms with Crippen LogP contribution in [0.25, 0.3) is 33.4 Å². The molecule has 2 aromatic carbocycles. The second kappa shape index (κ2) is 7.11. The fraction of sp³-hybridized carbons (Fsp3) is 0.0476. The van der Waals surface area contributed by atoms with Gasteiger partial charge in [0.1, 0.15) is 19.2 Å². The first-order valence-corrected chi connectivity index (χ1v) is 8.86. The summed E-state index contributed by atoms with van der Waals surface area (Å²) in [5.74, 6) is 0.652. The molecule has 0 aromatic heterocycles. The number of thiocarbonyl (C=S) groups is 1. The third-order valence-electron chi connectivity index (χ3n) is 4.39. The van der Waals surface area contributed by atoms with Crippen molar-refractivity contribution in [1.82, 2.24) is 0 Å². The maximum Gasteiger partial charge on any atom is 0.182 e. The highest BCUT2D eigenvalue weighted by Crippen LogP contribution is 2.43. The predicted molar refractivity (Wildman–Crippen MR) is 115 cm³/mol. The highest BCUT2D eigenvalue weighted by atomic mass is 32.1. The summed E-state index contributed by atoms with van der Waals surface area (Å²) in [5, 5.41) is 13.3. The van der Waals surface area contributed by atoms with Gasteiger partial charge in [0.2, 0.25) is 0 Å². The Labute approximate surface area is 167 Å². The Balaban J connectivity index is 2.07. The molecule has 0 spiro atoms. The average Bonchev–Trinajstić information content (AvgIpc) is 2.65. The van der Waals surface area contributed by atoms with Crippen molar-refractivity contribution in [3.05, 3.63) is 64.8 Å². The summed E-state index contributed by atoms with van der Waals surface area (Å²) in [6.45, 7) is 1.76. The number of nitrogens with one attached hydrogen (secondary N) is 1. The summed E-state index contributed by atoms with van der Waals surface area (Å²) in [5.41, 5.74) is 3.67. The molecule has 5 nitrogen and oxygen atoms in total. The monoisotopic (exact) mass is 387 g/mol. The van der Waals surface area contributed by atoms with Crippen LogP contribution in [0.15, 0.2) is 63.8 Å². The minimum absolute atomic E-state index is 0.167. The number of rotatable bonds is 3. The van der Waals surface area contributed by atoms with Crippen LogP contribution in [-0.4, -0.2) is 18.1 Å². The van der Waals surface area contributed by atoms with E-state index in [1.54, 1.807) is 31.2 Å². The van der Waals surface area contributed by atoms with Gasteiger partial charge in [-0.05, 0) is 37.3 Å². The molecule has 7 heteroatoms. The lowest BCUT2D eigenvalue weighted by atomic mass is 9.90. The molecule has 4 rings (SSSR count). The van der Waals surface area contributed by atoms with Crippen LogP contribution >= 0.6 is 12.2 Å². The third-order valence-corrected chi connectivity index (χ3v) is 4.49. The van der Waals surface area contributed by atoms with Gasteiger partial charge in [-0.2, -0.15) is 0 Å². The van der Waals surface area contributed by atoms with E-state index >= 15 is 0 Å². The van der Waals surface area contributed by atoms with Crippen molar-refractivity contribution in [2.75, 3.05) is 5.32 Å². The highest BCUT2D eigenvalue weighted by Gasteiger charge is 2.20. The van der Waals surface area contributed by atoms with Crippen LogP contribution in [0.1, 0.15) is 6.92 Å². The van der Waals surface area contributed by atoms with Gasteiger partial charge < -0.3 is 14.6 Å². The molecular formula is C21H14BNO4S. The molecule has 28 heavy (non-hydrogen) atoms. The molecule has 0 saturated heterocycles. The van der Waals surface area contributed by atoms with E-state index < -0.39 is 0 Å². The van der Waals surface area contributed by atoms with E-state index in [9.17, 15) is 10.1 Å². The molecule has 1 heterocycles. The van der Waals surface area contributed by atoms with Gasteiger partial charge in [-0.3, -0.25) is 4.79 Å². The average molecular weight is 387 g/mol. The second-order valence-corrected chi connectivity index (χ2v) is 6.99. The molecule has 136 valence electrons. The fourth-order valence-electron chi connectivity index (χ4n) is 3.26. The topological polar surface area (TPSA) is 71.7 Å². The van der Waals surface area contributed by atoms with Crippen LogP contribution < -0.4 is 21.1 Å². The summed E-state index contributed by atoms with van der Waals surface area (Å²) < 4.78 is 5.91. The van der Waals surface area contributed by atoms with Crippen molar-refractivity contribution in [2.45, 2.75) is 6.92 Å². The largest absolute Gasteiger partial charge is 0.456 e. The van der Waals surface area contributed by atoms with Gasteiger partial charge in [-0.1, -0.05) is 29.8 Å². The number of anilines is 1. The van der Waals surface area contributed by atoms with Gasteiger partial charge in [0, 0.05) is 39.9 Å². The lowest BCUT2D eigenvalue weighted by Crippen LogP contribution is -2.05. The maximum atomic E-state index is 11.8. The Morgan fingerprint density at radius 3 is 2.64 bits per heavy atom. The van der Waals surface area contributed by atoms with E-state index in [1.807, 2.05) is 18.2 Å². The fourth-order valence-corrected chi connectivity index (χ4v) is 3.38. The lowest BCUT2D eigenvalue weighted by Gasteiger charge is -2.17. The molecule has 2 radical (unpaired) electrons. The summed E-state index contributed by atoms with van der Waals surface area (Å²) in [7, 11) is 5.90. The van der Waals surface area contributed by atoms with Crippen LogP contribution in [0.4, 0.5) is 5.69 Å². The number of benzene rings is 3. The van der Waals surface area contributed by atoms with E-state index in [0.29, 0.717) is 38.6 Å². The first kappa shape index (κ1) is 18.2. The second-order valence-electron chi connectivity index (χ2n) is 6.37. The maximum absolute atomic E-state index is 11.8. The van der Waals surface area contributed by atoms with Gasteiger partial charge in [0.05, 0.1) is 4.99 Å². The normalized spacial score (nSPS) is 10.9. The van der Waals surface area contributed by atoms with Crippen molar-refractivity contribution in [1.29, 1.82) is 0 Å². The van der Waals surface area contributed by atoms with E-state index in [4.69, 9.17) is 24.5 Å². The third kappa shape index (κ3) is 3.26. The van der Waals surface area contributed by atoms with Gasteiger partial charge in [-0.25, -0.2) is 5.26 Å². The van der Waals surface area contributed by atoms with Crippen molar-refractivity contribution in [2.24, 2.45) is 0 Å². The first-order valence-electron chi connectivity index (χ1n) is 8.46. The summed E-state index contributed by atoms with van der Waals surface area (Å²) in [6, 6.07) is 15.2. The Hall–Kier alpha value is -3.16. The molecular weight excluding hydrogens is 373 g/mol. The van der Waals surface area contributed by atoms with Crippen LogP contribution in [0.2, 0.25) is 0 Å². The Morgan fingerprint density at radius 1 is 1.11 bits per heavy atom. The van der Waals surface area contributed by atoms with E-state index in [2.05, 4.69) is 10.2 Å². The molecule has 2 N–H and O–H groups in total. The molecule has 0 fully saturated rings. The van der Waals surface area contributed by atoms with Crippen LogP contribution in [0.3, 0.4) is 0 Å². The number of hydrogen-bond acceptors (Lipinski definition) is 5. The Bertz CT molecular complexity index is 1250. The quantitative estimate of drug-likeness (QED) is 0.182. The van der Waals surface area contributed by atoms with E-state index in [-0.39, 0.29) is 11.2 Å². The molecule has 2 aliphatic rings. The van der Waals surface area contributed by atoms with Crippen molar-refractivity contribution in [3.8, 4) is 28.2 Å². The zero-order valence-electron chi connectivity index (χ0n) is 14.9. The summed E-state index contributed by atoms with van der Waals surface area (Å²) in [4.78, 5) is 17.1. The summed E-state index contributed by atoms with van der Waals surface area (Å²) in [6.07, 6.45) is 0. The van der Waals surface area contributed by atoms with Crippen LogP contribution in [0.5, 0.6) is 5.75 Å². The van der Waals surface area contributed by atoms with Crippen LogP contribution in [0, 0.1) is 0 Å². The van der Waals surface area contributed by atoms with Gasteiger partial charge >= 0.3 is 0 Å². The predicted octanol–water partition coefficient (Wildman–Crippen LogP) is 3.97. The molecule has 2 aromatic rings. The Morgan fingerprint density at radius 2 is 1.89 bits per heavy atom. The van der Waals surface area contributed by atoms with E-state index in [0.717, 1.165) is 10.9 Å². The lowest BCUT2D eigenvalue weighted by molar-refractivity contribution is -0.137. The van der Waals surface area contributed by atoms with Crippen molar-refractivity contribution < 1.29 is 14.6 Å². The minimum Gasteiger partial charge on any atom is -0.456 e. The molecule has 0 bridgehead atoms. The van der Waals surface area contributed by atoms with Crippen LogP contribution in [-0.2, 0) is 0 Å². The van der Waals surface area contributed by atoms with Crippen molar-refractivity contribution in [3.63, 3.8) is 0 Å². The minimum atomic E-state index is -0.167.